The van der Waals surface area contributed by atoms with Gasteiger partial charge in [0.1, 0.15) is 6.26 Å². The standard InChI is InChI=1S/C12H16ClNO2/c13-6-2-7-14(11-3-1-4-11)12(15)10-5-8-16-9-10/h5,8-9,11H,1-4,6-7H2. The first-order valence-corrected chi connectivity index (χ1v) is 6.25. The number of carbonyl (C=O) groups is 1. The molecule has 1 aliphatic rings. The van der Waals surface area contributed by atoms with Gasteiger partial charge in [-0.3, -0.25) is 4.79 Å². The first kappa shape index (κ1) is 11.5. The van der Waals surface area contributed by atoms with Crippen molar-refractivity contribution in [3.05, 3.63) is 24.2 Å². The Bertz CT molecular complexity index is 333. The molecule has 0 saturated heterocycles. The van der Waals surface area contributed by atoms with Crippen molar-refractivity contribution < 1.29 is 9.21 Å². The SMILES string of the molecule is O=C(c1ccoc1)N(CCCCl)C1CCC1. The van der Waals surface area contributed by atoms with E-state index in [1.165, 1.54) is 18.9 Å². The number of furan rings is 1. The molecule has 3 nitrogen and oxygen atoms in total. The lowest BCUT2D eigenvalue weighted by Crippen LogP contribution is -2.44. The second-order valence-electron chi connectivity index (χ2n) is 4.14. The highest BCUT2D eigenvalue weighted by molar-refractivity contribution is 6.17. The van der Waals surface area contributed by atoms with Crippen LogP contribution in [-0.2, 0) is 0 Å². The van der Waals surface area contributed by atoms with Crippen LogP contribution in [0.4, 0.5) is 0 Å². The van der Waals surface area contributed by atoms with Gasteiger partial charge in [0.15, 0.2) is 0 Å². The lowest BCUT2D eigenvalue weighted by atomic mass is 9.91. The molecule has 0 aromatic carbocycles. The molecule has 1 fully saturated rings. The molecule has 2 rings (SSSR count). The van der Waals surface area contributed by atoms with Crippen LogP contribution in [-0.4, -0.2) is 29.3 Å². The number of hydrogen-bond donors (Lipinski definition) is 0. The molecule has 0 spiro atoms. The number of carbonyl (C=O) groups excluding carboxylic acids is 1. The Morgan fingerprint density at radius 3 is 2.88 bits per heavy atom. The van der Waals surface area contributed by atoms with E-state index in [-0.39, 0.29) is 5.91 Å². The van der Waals surface area contributed by atoms with E-state index in [1.54, 1.807) is 6.07 Å². The average Bonchev–Trinajstić information content (AvgIpc) is 2.73. The van der Waals surface area contributed by atoms with E-state index in [2.05, 4.69) is 0 Å². The molecular formula is C12H16ClNO2. The summed E-state index contributed by atoms with van der Waals surface area (Å²) in [5, 5.41) is 0. The van der Waals surface area contributed by atoms with Gasteiger partial charge in [-0.05, 0) is 31.7 Å². The fourth-order valence-corrected chi connectivity index (χ4v) is 2.05. The van der Waals surface area contributed by atoms with Gasteiger partial charge in [0.2, 0.25) is 0 Å². The van der Waals surface area contributed by atoms with Crippen molar-refractivity contribution >= 4 is 17.5 Å². The topological polar surface area (TPSA) is 33.5 Å². The van der Waals surface area contributed by atoms with Gasteiger partial charge in [0.05, 0.1) is 11.8 Å². The molecule has 1 amide bonds. The van der Waals surface area contributed by atoms with Gasteiger partial charge in [-0.1, -0.05) is 0 Å². The molecular weight excluding hydrogens is 226 g/mol. The zero-order valence-corrected chi connectivity index (χ0v) is 9.95. The quantitative estimate of drug-likeness (QED) is 0.743. The predicted molar refractivity (Wildman–Crippen MR) is 62.7 cm³/mol. The minimum atomic E-state index is 0.0727. The second kappa shape index (κ2) is 5.39. The van der Waals surface area contributed by atoms with Crippen LogP contribution < -0.4 is 0 Å². The van der Waals surface area contributed by atoms with Crippen molar-refractivity contribution in [2.24, 2.45) is 0 Å². The predicted octanol–water partition coefficient (Wildman–Crippen LogP) is 2.90. The van der Waals surface area contributed by atoms with E-state index in [4.69, 9.17) is 16.0 Å². The fourth-order valence-electron chi connectivity index (χ4n) is 1.93. The van der Waals surface area contributed by atoms with Gasteiger partial charge in [0.25, 0.3) is 5.91 Å². The average molecular weight is 242 g/mol. The Morgan fingerprint density at radius 2 is 2.38 bits per heavy atom. The molecule has 0 N–H and O–H groups in total. The normalized spacial score (nSPS) is 15.8. The molecule has 1 aromatic rings. The van der Waals surface area contributed by atoms with Gasteiger partial charge in [0, 0.05) is 18.5 Å². The fraction of sp³-hybridized carbons (Fsp3) is 0.583. The molecule has 1 saturated carbocycles. The maximum Gasteiger partial charge on any atom is 0.257 e. The Hall–Kier alpha value is -0.960. The molecule has 0 unspecified atom stereocenters. The van der Waals surface area contributed by atoms with Crippen LogP contribution in [0.25, 0.3) is 0 Å². The first-order valence-electron chi connectivity index (χ1n) is 5.72. The highest BCUT2D eigenvalue weighted by Crippen LogP contribution is 2.26. The zero-order valence-electron chi connectivity index (χ0n) is 9.19. The summed E-state index contributed by atoms with van der Waals surface area (Å²) in [6, 6.07) is 2.12. The van der Waals surface area contributed by atoms with Crippen molar-refractivity contribution in [1.29, 1.82) is 0 Å². The number of alkyl halides is 1. The Kier molecular flexibility index (Phi) is 3.88. The summed E-state index contributed by atoms with van der Waals surface area (Å²) in [5.74, 6) is 0.672. The highest BCUT2D eigenvalue weighted by Gasteiger charge is 2.29. The molecule has 88 valence electrons. The highest BCUT2D eigenvalue weighted by atomic mass is 35.5. The van der Waals surface area contributed by atoms with Crippen LogP contribution in [0, 0.1) is 0 Å². The third-order valence-electron chi connectivity index (χ3n) is 3.08. The van der Waals surface area contributed by atoms with Gasteiger partial charge in [-0.25, -0.2) is 0 Å². The number of halogens is 1. The number of hydrogen-bond acceptors (Lipinski definition) is 2. The minimum absolute atomic E-state index is 0.0727. The molecule has 0 radical (unpaired) electrons. The molecule has 0 bridgehead atoms. The Labute approximate surface area is 100 Å². The van der Waals surface area contributed by atoms with Crippen LogP contribution in [0.5, 0.6) is 0 Å². The van der Waals surface area contributed by atoms with Crippen LogP contribution in [0.1, 0.15) is 36.0 Å². The summed E-state index contributed by atoms with van der Waals surface area (Å²) in [4.78, 5) is 14.1. The van der Waals surface area contributed by atoms with Crippen LogP contribution in [0.3, 0.4) is 0 Å². The minimum Gasteiger partial charge on any atom is -0.472 e. The summed E-state index contributed by atoms with van der Waals surface area (Å²) < 4.78 is 4.95. The van der Waals surface area contributed by atoms with E-state index in [9.17, 15) is 4.79 Å². The molecule has 4 heteroatoms. The van der Waals surface area contributed by atoms with Crippen molar-refractivity contribution in [2.45, 2.75) is 31.7 Å². The maximum atomic E-state index is 12.2. The molecule has 1 aromatic heterocycles. The van der Waals surface area contributed by atoms with E-state index in [0.717, 1.165) is 25.8 Å². The van der Waals surface area contributed by atoms with Crippen molar-refractivity contribution in [3.8, 4) is 0 Å². The number of amides is 1. The summed E-state index contributed by atoms with van der Waals surface area (Å²) in [6.07, 6.45) is 7.35. The van der Waals surface area contributed by atoms with Gasteiger partial charge < -0.3 is 9.32 Å². The van der Waals surface area contributed by atoms with Crippen LogP contribution in [0.15, 0.2) is 23.0 Å². The van der Waals surface area contributed by atoms with Crippen LogP contribution in [0.2, 0.25) is 0 Å². The molecule has 0 atom stereocenters. The van der Waals surface area contributed by atoms with Crippen LogP contribution >= 0.6 is 11.6 Å². The smallest absolute Gasteiger partial charge is 0.257 e. The van der Waals surface area contributed by atoms with E-state index in [1.807, 2.05) is 4.90 Å². The summed E-state index contributed by atoms with van der Waals surface area (Å²) in [7, 11) is 0. The van der Waals surface area contributed by atoms with Gasteiger partial charge >= 0.3 is 0 Å². The van der Waals surface area contributed by atoms with Crippen molar-refractivity contribution in [2.75, 3.05) is 12.4 Å². The third-order valence-corrected chi connectivity index (χ3v) is 3.34. The molecule has 1 aliphatic carbocycles. The Balaban J connectivity index is 2.02. The zero-order chi connectivity index (χ0) is 11.4. The van der Waals surface area contributed by atoms with Crippen molar-refractivity contribution in [3.63, 3.8) is 0 Å². The summed E-state index contributed by atoms with van der Waals surface area (Å²) >= 11 is 5.68. The van der Waals surface area contributed by atoms with Gasteiger partial charge in [-0.2, -0.15) is 0 Å². The summed E-state index contributed by atoms with van der Waals surface area (Å²) in [5.41, 5.74) is 0.640. The number of rotatable bonds is 5. The van der Waals surface area contributed by atoms with Gasteiger partial charge in [-0.15, -0.1) is 11.6 Å². The summed E-state index contributed by atoms with van der Waals surface area (Å²) in [6.45, 7) is 0.748. The lowest BCUT2D eigenvalue weighted by molar-refractivity contribution is 0.0580. The van der Waals surface area contributed by atoms with E-state index in [0.29, 0.717) is 17.5 Å². The van der Waals surface area contributed by atoms with E-state index < -0.39 is 0 Å². The molecule has 0 aliphatic heterocycles. The maximum absolute atomic E-state index is 12.2. The van der Waals surface area contributed by atoms with Crippen molar-refractivity contribution in [1.82, 2.24) is 4.90 Å². The van der Waals surface area contributed by atoms with E-state index >= 15 is 0 Å². The Morgan fingerprint density at radius 1 is 1.56 bits per heavy atom. The molecule has 1 heterocycles. The second-order valence-corrected chi connectivity index (χ2v) is 4.52. The largest absolute Gasteiger partial charge is 0.472 e. The molecule has 16 heavy (non-hydrogen) atoms. The first-order chi connectivity index (χ1) is 7.83. The monoisotopic (exact) mass is 241 g/mol. The lowest BCUT2D eigenvalue weighted by Gasteiger charge is -2.37. The third kappa shape index (κ3) is 2.40. The number of nitrogens with zero attached hydrogens (tertiary/aromatic N) is 1.